The Morgan fingerprint density at radius 1 is 1.08 bits per heavy atom. The van der Waals surface area contributed by atoms with E-state index in [2.05, 4.69) is 10.1 Å². The molecule has 2 rings (SSSR count). The molecule has 0 bridgehead atoms. The Kier molecular flexibility index (Phi) is 6.95. The van der Waals surface area contributed by atoms with Gasteiger partial charge in [0.25, 0.3) is 0 Å². The maximum atomic E-state index is 13.1. The van der Waals surface area contributed by atoms with Crippen molar-refractivity contribution in [2.75, 3.05) is 13.7 Å². The summed E-state index contributed by atoms with van der Waals surface area (Å²) in [6.07, 6.45) is 0.0984. The molecule has 0 aliphatic rings. The summed E-state index contributed by atoms with van der Waals surface area (Å²) in [7, 11) is 1.28. The van der Waals surface area contributed by atoms with E-state index >= 15 is 0 Å². The van der Waals surface area contributed by atoms with E-state index in [0.717, 1.165) is 0 Å². The van der Waals surface area contributed by atoms with Crippen molar-refractivity contribution in [1.29, 1.82) is 0 Å². The lowest BCUT2D eigenvalue weighted by molar-refractivity contribution is -0.141. The van der Waals surface area contributed by atoms with E-state index in [4.69, 9.17) is 4.74 Å². The van der Waals surface area contributed by atoms with Crippen LogP contribution in [0.3, 0.4) is 0 Å². The van der Waals surface area contributed by atoms with Gasteiger partial charge in [-0.1, -0.05) is 30.3 Å². The quantitative estimate of drug-likeness (QED) is 0.747. The third-order valence-corrected chi connectivity index (χ3v) is 3.55. The summed E-state index contributed by atoms with van der Waals surface area (Å²) in [5.74, 6) is -0.438. The fourth-order valence-electron chi connectivity index (χ4n) is 2.24. The number of methoxy groups -OCH3 is 1. The number of carbonyl (C=O) groups excluding carboxylic acids is 2. The highest BCUT2D eigenvalue weighted by Gasteiger charge is 2.19. The number of halogens is 1. The van der Waals surface area contributed by atoms with Crippen LogP contribution in [0.25, 0.3) is 0 Å². The Morgan fingerprint density at radius 2 is 1.76 bits per heavy atom. The summed E-state index contributed by atoms with van der Waals surface area (Å²) < 4.78 is 23.2. The summed E-state index contributed by atoms with van der Waals surface area (Å²) in [5.41, 5.74) is 0.629. The first kappa shape index (κ1) is 18.4. The molecule has 0 aliphatic carbocycles. The number of para-hydroxylation sites is 1. The predicted molar refractivity (Wildman–Crippen MR) is 90.5 cm³/mol. The molecule has 6 heteroatoms. The highest BCUT2D eigenvalue weighted by atomic mass is 19.1. The number of hydrogen-bond donors (Lipinski definition) is 1. The Bertz CT molecular complexity index is 688. The number of esters is 1. The number of ether oxygens (including phenoxy) is 2. The molecule has 0 aliphatic heterocycles. The van der Waals surface area contributed by atoms with Gasteiger partial charge < -0.3 is 14.8 Å². The van der Waals surface area contributed by atoms with Crippen molar-refractivity contribution in [2.24, 2.45) is 0 Å². The molecule has 1 atom stereocenters. The van der Waals surface area contributed by atoms with Gasteiger partial charge in [-0.2, -0.15) is 0 Å². The SMILES string of the molecule is COC(=O)C[C@@H](NC(=O)CCOc1ccccc1)c1ccc(F)cc1. The Morgan fingerprint density at radius 3 is 2.40 bits per heavy atom. The summed E-state index contributed by atoms with van der Waals surface area (Å²) in [6.45, 7) is 0.213. The van der Waals surface area contributed by atoms with E-state index in [-0.39, 0.29) is 31.2 Å². The molecule has 0 aromatic heterocycles. The zero-order chi connectivity index (χ0) is 18.1. The minimum Gasteiger partial charge on any atom is -0.493 e. The minimum atomic E-state index is -0.586. The molecule has 0 heterocycles. The average Bonchev–Trinajstić information content (AvgIpc) is 2.62. The second-order valence-corrected chi connectivity index (χ2v) is 5.36. The molecule has 0 saturated carbocycles. The molecule has 0 spiro atoms. The van der Waals surface area contributed by atoms with Crippen LogP contribution in [-0.4, -0.2) is 25.6 Å². The lowest BCUT2D eigenvalue weighted by Crippen LogP contribution is -2.31. The van der Waals surface area contributed by atoms with Crippen molar-refractivity contribution in [3.63, 3.8) is 0 Å². The average molecular weight is 345 g/mol. The molecule has 25 heavy (non-hydrogen) atoms. The molecular formula is C19H20FNO4. The van der Waals surface area contributed by atoms with Crippen molar-refractivity contribution in [3.8, 4) is 5.75 Å². The number of amides is 1. The number of hydrogen-bond acceptors (Lipinski definition) is 4. The van der Waals surface area contributed by atoms with Gasteiger partial charge in [0.15, 0.2) is 0 Å². The van der Waals surface area contributed by atoms with Gasteiger partial charge in [0.1, 0.15) is 11.6 Å². The van der Waals surface area contributed by atoms with Crippen molar-refractivity contribution < 1.29 is 23.5 Å². The molecule has 2 aromatic rings. The summed E-state index contributed by atoms with van der Waals surface area (Å²) in [6, 6.07) is 14.2. The predicted octanol–water partition coefficient (Wildman–Crippen LogP) is 3.02. The standard InChI is InChI=1S/C19H20FNO4/c1-24-19(23)13-17(14-7-9-15(20)10-8-14)21-18(22)11-12-25-16-5-3-2-4-6-16/h2-10,17H,11-13H2,1H3,(H,21,22)/t17-/m1/s1. The first-order valence-corrected chi connectivity index (χ1v) is 7.88. The van der Waals surface area contributed by atoms with Gasteiger partial charge in [0, 0.05) is 0 Å². The van der Waals surface area contributed by atoms with E-state index in [1.807, 2.05) is 18.2 Å². The largest absolute Gasteiger partial charge is 0.493 e. The van der Waals surface area contributed by atoms with Gasteiger partial charge in [0.2, 0.25) is 5.91 Å². The van der Waals surface area contributed by atoms with E-state index in [9.17, 15) is 14.0 Å². The first-order valence-electron chi connectivity index (χ1n) is 7.88. The van der Waals surface area contributed by atoms with E-state index in [1.54, 1.807) is 12.1 Å². The van der Waals surface area contributed by atoms with Gasteiger partial charge in [0.05, 0.1) is 32.6 Å². The zero-order valence-corrected chi connectivity index (χ0v) is 13.9. The third-order valence-electron chi connectivity index (χ3n) is 3.55. The van der Waals surface area contributed by atoms with Crippen molar-refractivity contribution >= 4 is 11.9 Å². The highest BCUT2D eigenvalue weighted by molar-refractivity contribution is 5.78. The van der Waals surface area contributed by atoms with Crippen LogP contribution in [0.5, 0.6) is 5.75 Å². The van der Waals surface area contributed by atoms with E-state index in [0.29, 0.717) is 11.3 Å². The fraction of sp³-hybridized carbons (Fsp3) is 0.263. The van der Waals surface area contributed by atoms with Crippen LogP contribution in [0, 0.1) is 5.82 Å². The molecule has 0 saturated heterocycles. The Balaban J connectivity index is 1.92. The lowest BCUT2D eigenvalue weighted by atomic mass is 10.0. The van der Waals surface area contributed by atoms with Crippen LogP contribution in [0.4, 0.5) is 4.39 Å². The molecule has 0 fully saturated rings. The normalized spacial score (nSPS) is 11.4. The van der Waals surface area contributed by atoms with Gasteiger partial charge in [-0.25, -0.2) is 4.39 Å². The number of benzene rings is 2. The molecule has 0 radical (unpaired) electrons. The lowest BCUT2D eigenvalue weighted by Gasteiger charge is -2.18. The van der Waals surface area contributed by atoms with E-state index in [1.165, 1.54) is 31.4 Å². The molecule has 1 amide bonds. The zero-order valence-electron chi connectivity index (χ0n) is 13.9. The topological polar surface area (TPSA) is 64.6 Å². The Labute approximate surface area is 145 Å². The molecule has 132 valence electrons. The van der Waals surface area contributed by atoms with Gasteiger partial charge in [-0.3, -0.25) is 9.59 Å². The number of rotatable bonds is 8. The van der Waals surface area contributed by atoms with Gasteiger partial charge in [-0.15, -0.1) is 0 Å². The monoisotopic (exact) mass is 345 g/mol. The minimum absolute atomic E-state index is 0.0343. The number of carbonyl (C=O) groups is 2. The molecular weight excluding hydrogens is 325 g/mol. The van der Waals surface area contributed by atoms with Crippen LogP contribution in [0.15, 0.2) is 54.6 Å². The second-order valence-electron chi connectivity index (χ2n) is 5.36. The first-order chi connectivity index (χ1) is 12.1. The third kappa shape index (κ3) is 6.25. The van der Waals surface area contributed by atoms with Crippen molar-refractivity contribution in [2.45, 2.75) is 18.9 Å². The summed E-state index contributed by atoms with van der Waals surface area (Å²) >= 11 is 0. The molecule has 5 nitrogen and oxygen atoms in total. The maximum Gasteiger partial charge on any atom is 0.307 e. The van der Waals surface area contributed by atoms with Gasteiger partial charge in [-0.05, 0) is 29.8 Å². The molecule has 0 unspecified atom stereocenters. The van der Waals surface area contributed by atoms with Crippen LogP contribution in [-0.2, 0) is 14.3 Å². The van der Waals surface area contributed by atoms with Gasteiger partial charge >= 0.3 is 5.97 Å². The van der Waals surface area contributed by atoms with Crippen LogP contribution < -0.4 is 10.1 Å². The number of nitrogens with one attached hydrogen (secondary N) is 1. The van der Waals surface area contributed by atoms with Crippen molar-refractivity contribution in [1.82, 2.24) is 5.32 Å². The van der Waals surface area contributed by atoms with Crippen molar-refractivity contribution in [3.05, 3.63) is 66.0 Å². The second kappa shape index (κ2) is 9.42. The molecule has 2 aromatic carbocycles. The maximum absolute atomic E-state index is 13.1. The van der Waals surface area contributed by atoms with E-state index < -0.39 is 12.0 Å². The fourth-order valence-corrected chi connectivity index (χ4v) is 2.24. The smallest absolute Gasteiger partial charge is 0.307 e. The highest BCUT2D eigenvalue weighted by Crippen LogP contribution is 2.18. The summed E-state index contributed by atoms with van der Waals surface area (Å²) in [5, 5.41) is 2.76. The molecule has 1 N–H and O–H groups in total. The summed E-state index contributed by atoms with van der Waals surface area (Å²) in [4.78, 5) is 23.7. The van der Waals surface area contributed by atoms with Crippen LogP contribution in [0.1, 0.15) is 24.4 Å². The van der Waals surface area contributed by atoms with Crippen LogP contribution in [0.2, 0.25) is 0 Å². The van der Waals surface area contributed by atoms with Crippen LogP contribution >= 0.6 is 0 Å². The Hall–Kier alpha value is -2.89.